The molecule has 1 unspecified atom stereocenters. The standard InChI is InChI=1S/C22H32F3N3O4/c1-4-31-20(29)6-5-9-26-19-14-16(2)7-8-18(19)15-27-10-12-28(13-11-27)21(30)32-17(3)22(23,24)25/h7-8,14,17,26H,4-6,9-13,15H2,1-3H3. The summed E-state index contributed by atoms with van der Waals surface area (Å²) >= 11 is 0. The zero-order chi connectivity index (χ0) is 23.7. The van der Waals surface area contributed by atoms with Crippen molar-refractivity contribution in [1.82, 2.24) is 9.80 Å². The van der Waals surface area contributed by atoms with E-state index in [1.165, 1.54) is 4.90 Å². The van der Waals surface area contributed by atoms with Crippen LogP contribution in [0.5, 0.6) is 0 Å². The number of amides is 1. The molecule has 1 saturated heterocycles. The second-order valence-corrected chi connectivity index (χ2v) is 7.83. The fraction of sp³-hybridized carbons (Fsp3) is 0.636. The van der Waals surface area contributed by atoms with Gasteiger partial charge in [0.15, 0.2) is 6.10 Å². The third-order valence-corrected chi connectivity index (χ3v) is 5.21. The van der Waals surface area contributed by atoms with Crippen LogP contribution in [0.25, 0.3) is 0 Å². The molecular formula is C22H32F3N3O4. The molecule has 2 rings (SSSR count). The van der Waals surface area contributed by atoms with E-state index >= 15 is 0 Å². The molecule has 0 bridgehead atoms. The molecule has 0 radical (unpaired) electrons. The average molecular weight is 460 g/mol. The van der Waals surface area contributed by atoms with E-state index in [2.05, 4.69) is 15.0 Å². The van der Waals surface area contributed by atoms with E-state index in [0.717, 1.165) is 23.7 Å². The molecule has 1 aliphatic rings. The number of halogens is 3. The van der Waals surface area contributed by atoms with Gasteiger partial charge in [-0.15, -0.1) is 0 Å². The van der Waals surface area contributed by atoms with Crippen LogP contribution in [0.3, 0.4) is 0 Å². The summed E-state index contributed by atoms with van der Waals surface area (Å²) in [4.78, 5) is 26.9. The highest BCUT2D eigenvalue weighted by Crippen LogP contribution is 2.24. The summed E-state index contributed by atoms with van der Waals surface area (Å²) in [7, 11) is 0. The molecule has 7 nitrogen and oxygen atoms in total. The van der Waals surface area contributed by atoms with Crippen LogP contribution in [0.4, 0.5) is 23.7 Å². The van der Waals surface area contributed by atoms with E-state index < -0.39 is 18.4 Å². The summed E-state index contributed by atoms with van der Waals surface area (Å²) in [6, 6.07) is 6.10. The molecule has 1 N–H and O–H groups in total. The Morgan fingerprint density at radius 2 is 1.88 bits per heavy atom. The van der Waals surface area contributed by atoms with Crippen molar-refractivity contribution in [1.29, 1.82) is 0 Å². The van der Waals surface area contributed by atoms with Gasteiger partial charge in [-0.05, 0) is 44.4 Å². The number of carbonyl (C=O) groups is 2. The van der Waals surface area contributed by atoms with Crippen LogP contribution in [0.15, 0.2) is 18.2 Å². The monoisotopic (exact) mass is 459 g/mol. The smallest absolute Gasteiger partial charge is 0.425 e. The summed E-state index contributed by atoms with van der Waals surface area (Å²) in [5.74, 6) is -0.209. The van der Waals surface area contributed by atoms with Gasteiger partial charge in [-0.3, -0.25) is 9.69 Å². The summed E-state index contributed by atoms with van der Waals surface area (Å²) in [6.45, 7) is 7.93. The highest BCUT2D eigenvalue weighted by Gasteiger charge is 2.40. The summed E-state index contributed by atoms with van der Waals surface area (Å²) in [5.41, 5.74) is 3.16. The van der Waals surface area contributed by atoms with Crippen LogP contribution in [-0.4, -0.2) is 73.5 Å². The number of alkyl halides is 3. The quantitative estimate of drug-likeness (QED) is 0.445. The van der Waals surface area contributed by atoms with Gasteiger partial charge >= 0.3 is 18.2 Å². The largest absolute Gasteiger partial charge is 0.466 e. The third-order valence-electron chi connectivity index (χ3n) is 5.21. The molecule has 1 fully saturated rings. The van der Waals surface area contributed by atoms with Gasteiger partial charge < -0.3 is 19.7 Å². The van der Waals surface area contributed by atoms with Gasteiger partial charge in [0, 0.05) is 51.4 Å². The second kappa shape index (κ2) is 11.9. The zero-order valence-electron chi connectivity index (χ0n) is 18.8. The number of benzene rings is 1. The topological polar surface area (TPSA) is 71.1 Å². The van der Waals surface area contributed by atoms with Gasteiger partial charge in [-0.2, -0.15) is 13.2 Å². The summed E-state index contributed by atoms with van der Waals surface area (Å²) < 4.78 is 47.3. The highest BCUT2D eigenvalue weighted by atomic mass is 19.4. The molecule has 1 aromatic carbocycles. The average Bonchev–Trinajstić information content (AvgIpc) is 2.73. The Labute approximate surface area is 186 Å². The van der Waals surface area contributed by atoms with Crippen molar-refractivity contribution in [2.45, 2.75) is 52.4 Å². The van der Waals surface area contributed by atoms with Crippen molar-refractivity contribution in [2.75, 3.05) is 44.6 Å². The first-order valence-corrected chi connectivity index (χ1v) is 10.8. The molecule has 1 atom stereocenters. The Kier molecular flexibility index (Phi) is 9.61. The number of piperazine rings is 1. The van der Waals surface area contributed by atoms with Gasteiger partial charge in [-0.25, -0.2) is 4.79 Å². The van der Waals surface area contributed by atoms with E-state index in [-0.39, 0.29) is 5.97 Å². The van der Waals surface area contributed by atoms with Crippen LogP contribution in [-0.2, 0) is 20.8 Å². The SMILES string of the molecule is CCOC(=O)CCCNc1cc(C)ccc1CN1CCN(C(=O)OC(C)C(F)(F)F)CC1. The number of rotatable bonds is 9. The summed E-state index contributed by atoms with van der Waals surface area (Å²) in [6.07, 6.45) is -6.62. The van der Waals surface area contributed by atoms with Crippen molar-refractivity contribution >= 4 is 17.7 Å². The first-order valence-electron chi connectivity index (χ1n) is 10.8. The minimum absolute atomic E-state index is 0.209. The lowest BCUT2D eigenvalue weighted by atomic mass is 10.1. The molecule has 1 aliphatic heterocycles. The maximum atomic E-state index is 12.6. The molecule has 1 heterocycles. The highest BCUT2D eigenvalue weighted by molar-refractivity contribution is 5.69. The lowest BCUT2D eigenvalue weighted by Gasteiger charge is -2.35. The number of nitrogens with zero attached hydrogens (tertiary/aromatic N) is 2. The molecule has 180 valence electrons. The molecule has 0 saturated carbocycles. The Morgan fingerprint density at radius 3 is 2.50 bits per heavy atom. The lowest BCUT2D eigenvalue weighted by Crippen LogP contribution is -2.49. The number of anilines is 1. The Bertz CT molecular complexity index is 765. The molecule has 0 aliphatic carbocycles. The van der Waals surface area contributed by atoms with E-state index in [0.29, 0.717) is 58.7 Å². The number of hydrogen-bond donors (Lipinski definition) is 1. The normalized spacial score (nSPS) is 15.9. The van der Waals surface area contributed by atoms with E-state index in [1.807, 2.05) is 25.1 Å². The third kappa shape index (κ3) is 8.22. The van der Waals surface area contributed by atoms with Crippen LogP contribution in [0, 0.1) is 6.92 Å². The van der Waals surface area contributed by atoms with Crippen molar-refractivity contribution in [3.05, 3.63) is 29.3 Å². The Balaban J connectivity index is 1.84. The van der Waals surface area contributed by atoms with Crippen molar-refractivity contribution in [3.63, 3.8) is 0 Å². The summed E-state index contributed by atoms with van der Waals surface area (Å²) in [5, 5.41) is 3.38. The van der Waals surface area contributed by atoms with Crippen LogP contribution >= 0.6 is 0 Å². The fourth-order valence-corrected chi connectivity index (χ4v) is 3.30. The van der Waals surface area contributed by atoms with Crippen LogP contribution < -0.4 is 5.32 Å². The molecule has 32 heavy (non-hydrogen) atoms. The first-order chi connectivity index (χ1) is 15.1. The van der Waals surface area contributed by atoms with Crippen molar-refractivity contribution < 1.29 is 32.2 Å². The molecule has 10 heteroatoms. The molecule has 1 aromatic rings. The zero-order valence-corrected chi connectivity index (χ0v) is 18.8. The first kappa shape index (κ1) is 25.8. The number of hydrogen-bond acceptors (Lipinski definition) is 6. The Hall–Kier alpha value is -2.49. The van der Waals surface area contributed by atoms with Gasteiger partial charge in [-0.1, -0.05) is 12.1 Å². The van der Waals surface area contributed by atoms with Crippen molar-refractivity contribution in [3.8, 4) is 0 Å². The lowest BCUT2D eigenvalue weighted by molar-refractivity contribution is -0.200. The van der Waals surface area contributed by atoms with Gasteiger partial charge in [0.2, 0.25) is 0 Å². The van der Waals surface area contributed by atoms with Gasteiger partial charge in [0.25, 0.3) is 0 Å². The molecule has 1 amide bonds. The van der Waals surface area contributed by atoms with E-state index in [9.17, 15) is 22.8 Å². The second-order valence-electron chi connectivity index (χ2n) is 7.83. The number of carbonyl (C=O) groups excluding carboxylic acids is 2. The maximum Gasteiger partial charge on any atom is 0.425 e. The number of aryl methyl sites for hydroxylation is 1. The molecule has 0 aromatic heterocycles. The number of ether oxygens (including phenoxy) is 2. The van der Waals surface area contributed by atoms with Gasteiger partial charge in [0.1, 0.15) is 0 Å². The molecule has 0 spiro atoms. The fourth-order valence-electron chi connectivity index (χ4n) is 3.30. The number of nitrogens with one attached hydrogen (secondary N) is 1. The van der Waals surface area contributed by atoms with Crippen LogP contribution in [0.1, 0.15) is 37.8 Å². The predicted molar refractivity (Wildman–Crippen MR) is 114 cm³/mol. The minimum atomic E-state index is -4.57. The van der Waals surface area contributed by atoms with E-state index in [4.69, 9.17) is 4.74 Å². The maximum absolute atomic E-state index is 12.6. The predicted octanol–water partition coefficient (Wildman–Crippen LogP) is 3.96. The number of esters is 1. The van der Waals surface area contributed by atoms with Gasteiger partial charge in [0.05, 0.1) is 6.61 Å². The van der Waals surface area contributed by atoms with Crippen molar-refractivity contribution in [2.24, 2.45) is 0 Å². The minimum Gasteiger partial charge on any atom is -0.466 e. The van der Waals surface area contributed by atoms with E-state index in [1.54, 1.807) is 6.92 Å². The van der Waals surface area contributed by atoms with Crippen LogP contribution in [0.2, 0.25) is 0 Å². The molecular weight excluding hydrogens is 427 g/mol. The Morgan fingerprint density at radius 1 is 1.19 bits per heavy atom.